The van der Waals surface area contributed by atoms with Crippen LogP contribution in [0.5, 0.6) is 0 Å². The van der Waals surface area contributed by atoms with Crippen LogP contribution < -0.4 is 0 Å². The highest BCUT2D eigenvalue weighted by Gasteiger charge is 2.30. The first-order valence-corrected chi connectivity index (χ1v) is 5.65. The van der Waals surface area contributed by atoms with E-state index in [0.29, 0.717) is 6.04 Å². The predicted octanol–water partition coefficient (Wildman–Crippen LogP) is 1.63. The van der Waals surface area contributed by atoms with Crippen LogP contribution in [-0.2, 0) is 0 Å². The molecule has 0 amide bonds. The maximum atomic E-state index is 9.72. The van der Waals surface area contributed by atoms with Crippen molar-refractivity contribution in [1.29, 1.82) is 0 Å². The molecular formula is C11H21NO. The summed E-state index contributed by atoms with van der Waals surface area (Å²) in [7, 11) is 2.18. The summed E-state index contributed by atoms with van der Waals surface area (Å²) in [4.78, 5) is 2.39. The maximum Gasteiger partial charge on any atom is 0.0695 e. The number of aliphatic hydroxyl groups is 1. The average Bonchev–Trinajstić information content (AvgIpc) is 2.43. The van der Waals surface area contributed by atoms with Gasteiger partial charge in [-0.15, -0.1) is 0 Å². The molecule has 0 aromatic rings. The van der Waals surface area contributed by atoms with E-state index in [1.54, 1.807) is 0 Å². The van der Waals surface area contributed by atoms with Gasteiger partial charge < -0.3 is 10.0 Å². The lowest BCUT2D eigenvalue weighted by atomic mass is 9.85. The van der Waals surface area contributed by atoms with E-state index in [4.69, 9.17) is 0 Å². The average molecular weight is 183 g/mol. The predicted molar refractivity (Wildman–Crippen MR) is 53.6 cm³/mol. The Morgan fingerprint density at radius 1 is 1.15 bits per heavy atom. The first-order valence-electron chi connectivity index (χ1n) is 5.65. The third-order valence-corrected chi connectivity index (χ3v) is 3.78. The molecule has 0 saturated heterocycles. The van der Waals surface area contributed by atoms with Gasteiger partial charge in [0.1, 0.15) is 0 Å². The van der Waals surface area contributed by atoms with Crippen molar-refractivity contribution in [3.63, 3.8) is 0 Å². The normalized spacial score (nSPS) is 35.3. The van der Waals surface area contributed by atoms with Gasteiger partial charge in [-0.05, 0) is 45.1 Å². The second kappa shape index (κ2) is 3.97. The molecule has 13 heavy (non-hydrogen) atoms. The van der Waals surface area contributed by atoms with E-state index in [2.05, 4.69) is 11.9 Å². The zero-order chi connectivity index (χ0) is 9.26. The Hall–Kier alpha value is -0.0800. The largest absolute Gasteiger partial charge is 0.391 e. The van der Waals surface area contributed by atoms with Crippen molar-refractivity contribution < 1.29 is 5.11 Å². The van der Waals surface area contributed by atoms with Crippen LogP contribution in [0.4, 0.5) is 0 Å². The molecule has 0 radical (unpaired) electrons. The van der Waals surface area contributed by atoms with E-state index in [1.807, 2.05) is 0 Å². The lowest BCUT2D eigenvalue weighted by Gasteiger charge is -2.34. The molecule has 2 fully saturated rings. The van der Waals surface area contributed by atoms with Crippen LogP contribution in [-0.4, -0.2) is 35.7 Å². The first kappa shape index (κ1) is 9.47. The lowest BCUT2D eigenvalue weighted by Crippen LogP contribution is -2.41. The molecule has 2 aliphatic rings. The molecule has 0 heterocycles. The molecule has 2 rings (SSSR count). The number of hydrogen-bond donors (Lipinski definition) is 1. The summed E-state index contributed by atoms with van der Waals surface area (Å²) in [5, 5.41) is 9.72. The standard InChI is InChI=1S/C11H21NO/c1-12(8-9-4-2-5-9)10-6-3-7-11(10)13/h9-11,13H,2-8H2,1H3/t10-,11-/m0/s1. The first-order chi connectivity index (χ1) is 6.27. The molecule has 0 aromatic carbocycles. The van der Waals surface area contributed by atoms with Crippen LogP contribution in [0, 0.1) is 5.92 Å². The van der Waals surface area contributed by atoms with E-state index >= 15 is 0 Å². The third-order valence-electron chi connectivity index (χ3n) is 3.78. The Bertz CT molecular complexity index is 167. The summed E-state index contributed by atoms with van der Waals surface area (Å²) in [5.74, 6) is 0.929. The molecule has 2 heteroatoms. The fourth-order valence-corrected chi connectivity index (χ4v) is 2.65. The van der Waals surface area contributed by atoms with Gasteiger partial charge in [0.05, 0.1) is 6.10 Å². The minimum Gasteiger partial charge on any atom is -0.391 e. The third kappa shape index (κ3) is 2.05. The lowest BCUT2D eigenvalue weighted by molar-refractivity contribution is 0.0674. The van der Waals surface area contributed by atoms with Crippen molar-refractivity contribution in [1.82, 2.24) is 4.90 Å². The van der Waals surface area contributed by atoms with E-state index in [9.17, 15) is 5.11 Å². The molecule has 2 nitrogen and oxygen atoms in total. The topological polar surface area (TPSA) is 23.5 Å². The van der Waals surface area contributed by atoms with Crippen molar-refractivity contribution in [2.24, 2.45) is 5.92 Å². The minimum atomic E-state index is -0.0509. The molecule has 0 aliphatic heterocycles. The summed E-state index contributed by atoms with van der Waals surface area (Å²) in [6, 6.07) is 0.459. The fraction of sp³-hybridized carbons (Fsp3) is 1.00. The second-order valence-electron chi connectivity index (χ2n) is 4.80. The van der Waals surface area contributed by atoms with Gasteiger partial charge in [0.25, 0.3) is 0 Å². The van der Waals surface area contributed by atoms with Crippen LogP contribution in [0.2, 0.25) is 0 Å². The SMILES string of the molecule is CN(CC1CCC1)[C@H]1CCC[C@@H]1O. The number of hydrogen-bond acceptors (Lipinski definition) is 2. The van der Waals surface area contributed by atoms with Gasteiger partial charge in [-0.1, -0.05) is 6.42 Å². The molecule has 2 atom stereocenters. The molecule has 76 valence electrons. The molecule has 1 N–H and O–H groups in total. The number of aliphatic hydroxyl groups excluding tert-OH is 1. The van der Waals surface area contributed by atoms with Crippen molar-refractivity contribution in [3.05, 3.63) is 0 Å². The maximum absolute atomic E-state index is 9.72. The van der Waals surface area contributed by atoms with Crippen molar-refractivity contribution >= 4 is 0 Å². The molecule has 2 saturated carbocycles. The summed E-state index contributed by atoms with van der Waals surface area (Å²) >= 11 is 0. The summed E-state index contributed by atoms with van der Waals surface area (Å²) in [5.41, 5.74) is 0. The van der Waals surface area contributed by atoms with Crippen molar-refractivity contribution in [2.45, 2.75) is 50.7 Å². The highest BCUT2D eigenvalue weighted by molar-refractivity contribution is 4.85. The number of rotatable bonds is 3. The smallest absolute Gasteiger partial charge is 0.0695 e. The summed E-state index contributed by atoms with van der Waals surface area (Å²) in [6.45, 7) is 1.21. The second-order valence-corrected chi connectivity index (χ2v) is 4.80. The van der Waals surface area contributed by atoms with Gasteiger partial charge in [0.2, 0.25) is 0 Å². The summed E-state index contributed by atoms with van der Waals surface area (Å²) in [6.07, 6.45) is 7.61. The van der Waals surface area contributed by atoms with Gasteiger partial charge in [-0.25, -0.2) is 0 Å². The summed E-state index contributed by atoms with van der Waals surface area (Å²) < 4.78 is 0. The van der Waals surface area contributed by atoms with Crippen LogP contribution in [0.3, 0.4) is 0 Å². The van der Waals surface area contributed by atoms with E-state index in [-0.39, 0.29) is 6.10 Å². The van der Waals surface area contributed by atoms with Gasteiger partial charge in [0, 0.05) is 12.6 Å². The van der Waals surface area contributed by atoms with Crippen LogP contribution in [0.1, 0.15) is 38.5 Å². The molecule has 0 bridgehead atoms. The van der Waals surface area contributed by atoms with Gasteiger partial charge in [-0.3, -0.25) is 0 Å². The molecule has 2 aliphatic carbocycles. The Morgan fingerprint density at radius 3 is 2.31 bits per heavy atom. The van der Waals surface area contributed by atoms with Crippen molar-refractivity contribution in [3.8, 4) is 0 Å². The molecule has 0 spiro atoms. The monoisotopic (exact) mass is 183 g/mol. The Labute approximate surface area is 80.9 Å². The van der Waals surface area contributed by atoms with Crippen LogP contribution >= 0.6 is 0 Å². The zero-order valence-electron chi connectivity index (χ0n) is 8.58. The Morgan fingerprint density at radius 2 is 1.85 bits per heavy atom. The van der Waals surface area contributed by atoms with E-state index < -0.39 is 0 Å². The number of nitrogens with zero attached hydrogens (tertiary/aromatic N) is 1. The van der Waals surface area contributed by atoms with Gasteiger partial charge in [-0.2, -0.15) is 0 Å². The van der Waals surface area contributed by atoms with Crippen molar-refractivity contribution in [2.75, 3.05) is 13.6 Å². The fourth-order valence-electron chi connectivity index (χ4n) is 2.65. The van der Waals surface area contributed by atoms with Gasteiger partial charge in [0.15, 0.2) is 0 Å². The van der Waals surface area contributed by atoms with E-state index in [1.165, 1.54) is 38.6 Å². The van der Waals surface area contributed by atoms with Crippen LogP contribution in [0.15, 0.2) is 0 Å². The number of likely N-dealkylation sites (N-methyl/N-ethyl adjacent to an activating group) is 1. The Balaban J connectivity index is 1.77. The van der Waals surface area contributed by atoms with E-state index in [0.717, 1.165) is 12.3 Å². The highest BCUT2D eigenvalue weighted by Crippen LogP contribution is 2.30. The molecule has 0 aromatic heterocycles. The molecular weight excluding hydrogens is 162 g/mol. The highest BCUT2D eigenvalue weighted by atomic mass is 16.3. The Kier molecular flexibility index (Phi) is 2.89. The zero-order valence-corrected chi connectivity index (χ0v) is 8.58. The molecule has 0 unspecified atom stereocenters. The minimum absolute atomic E-state index is 0.0509. The van der Waals surface area contributed by atoms with Gasteiger partial charge >= 0.3 is 0 Å². The quantitative estimate of drug-likeness (QED) is 0.719. The van der Waals surface area contributed by atoms with Crippen LogP contribution in [0.25, 0.3) is 0 Å².